The summed E-state index contributed by atoms with van der Waals surface area (Å²) in [6.45, 7) is 4.52. The molecular formula is C14H20N4O. The van der Waals surface area contributed by atoms with Gasteiger partial charge in [0.25, 0.3) is 5.91 Å². The van der Waals surface area contributed by atoms with Crippen LogP contribution >= 0.6 is 0 Å². The fourth-order valence-electron chi connectivity index (χ4n) is 2.16. The Morgan fingerprint density at radius 1 is 1.42 bits per heavy atom. The number of amides is 1. The maximum atomic E-state index is 12.3. The zero-order valence-electron chi connectivity index (χ0n) is 11.4. The van der Waals surface area contributed by atoms with E-state index in [2.05, 4.69) is 15.3 Å². The number of imidazole rings is 1. The highest BCUT2D eigenvalue weighted by Crippen LogP contribution is 2.16. The van der Waals surface area contributed by atoms with E-state index in [1.54, 1.807) is 12.4 Å². The monoisotopic (exact) mass is 260 g/mol. The van der Waals surface area contributed by atoms with Crippen LogP contribution in [0.4, 0.5) is 0 Å². The van der Waals surface area contributed by atoms with Crippen LogP contribution in [0, 0.1) is 0 Å². The number of benzene rings is 1. The predicted molar refractivity (Wildman–Crippen MR) is 75.9 cm³/mol. The Morgan fingerprint density at radius 3 is 2.79 bits per heavy atom. The molecular weight excluding hydrogens is 240 g/mol. The first-order valence-electron chi connectivity index (χ1n) is 6.60. The number of carbonyl (C=O) groups is 1. The Labute approximate surface area is 112 Å². The summed E-state index contributed by atoms with van der Waals surface area (Å²) in [5, 5.41) is 3.05. The van der Waals surface area contributed by atoms with Gasteiger partial charge in [-0.3, -0.25) is 4.79 Å². The fourth-order valence-corrected chi connectivity index (χ4v) is 2.16. The van der Waals surface area contributed by atoms with Crippen molar-refractivity contribution in [3.8, 4) is 0 Å². The third kappa shape index (κ3) is 2.61. The van der Waals surface area contributed by atoms with Crippen molar-refractivity contribution in [2.24, 2.45) is 5.73 Å². The molecule has 1 aromatic heterocycles. The second kappa shape index (κ2) is 5.40. The van der Waals surface area contributed by atoms with E-state index in [0.717, 1.165) is 23.9 Å². The van der Waals surface area contributed by atoms with Crippen molar-refractivity contribution in [2.75, 3.05) is 6.54 Å². The molecule has 0 bridgehead atoms. The van der Waals surface area contributed by atoms with Crippen molar-refractivity contribution < 1.29 is 4.79 Å². The highest BCUT2D eigenvalue weighted by Gasteiger charge is 2.26. The van der Waals surface area contributed by atoms with Crippen molar-refractivity contribution in [1.82, 2.24) is 15.3 Å². The van der Waals surface area contributed by atoms with E-state index < -0.39 is 0 Å². The molecule has 0 aliphatic carbocycles. The van der Waals surface area contributed by atoms with Crippen LogP contribution in [0.2, 0.25) is 0 Å². The van der Waals surface area contributed by atoms with Gasteiger partial charge in [-0.2, -0.15) is 0 Å². The zero-order chi connectivity index (χ0) is 13.9. The number of nitrogens with zero attached hydrogens (tertiary/aromatic N) is 1. The quantitative estimate of drug-likeness (QED) is 0.766. The fraction of sp³-hybridized carbons (Fsp3) is 0.429. The first kappa shape index (κ1) is 13.5. The molecule has 19 heavy (non-hydrogen) atoms. The molecule has 2 rings (SSSR count). The molecule has 0 fully saturated rings. The lowest BCUT2D eigenvalue weighted by molar-refractivity contribution is 0.0895. The van der Waals surface area contributed by atoms with Gasteiger partial charge in [0.2, 0.25) is 0 Å². The van der Waals surface area contributed by atoms with Crippen molar-refractivity contribution >= 4 is 16.9 Å². The van der Waals surface area contributed by atoms with Crippen LogP contribution in [-0.2, 0) is 0 Å². The van der Waals surface area contributed by atoms with Gasteiger partial charge in [0, 0.05) is 12.1 Å². The van der Waals surface area contributed by atoms with Crippen LogP contribution in [0.3, 0.4) is 0 Å². The Hall–Kier alpha value is -1.88. The number of H-pyrrole nitrogens is 1. The minimum atomic E-state index is -0.319. The summed E-state index contributed by atoms with van der Waals surface area (Å²) in [7, 11) is 0. The minimum absolute atomic E-state index is 0.0920. The standard InChI is InChI=1S/C14H20N4O/c1-3-14(4-2,8-15)18-13(19)10-5-6-11-12(7-10)17-9-16-11/h5-7,9H,3-4,8,15H2,1-2H3,(H,16,17)(H,18,19). The van der Waals surface area contributed by atoms with E-state index >= 15 is 0 Å². The van der Waals surface area contributed by atoms with Crippen molar-refractivity contribution in [3.05, 3.63) is 30.1 Å². The molecule has 1 amide bonds. The Balaban J connectivity index is 2.23. The molecule has 0 aliphatic heterocycles. The zero-order valence-corrected chi connectivity index (χ0v) is 11.4. The Morgan fingerprint density at radius 2 is 2.16 bits per heavy atom. The van der Waals surface area contributed by atoms with Crippen LogP contribution < -0.4 is 11.1 Å². The number of aromatic nitrogens is 2. The van der Waals surface area contributed by atoms with Gasteiger partial charge in [-0.15, -0.1) is 0 Å². The number of carbonyl (C=O) groups excluding carboxylic acids is 1. The third-order valence-corrected chi connectivity index (χ3v) is 3.81. The first-order chi connectivity index (χ1) is 9.14. The van der Waals surface area contributed by atoms with Crippen LogP contribution in [0.15, 0.2) is 24.5 Å². The van der Waals surface area contributed by atoms with E-state index in [1.165, 1.54) is 0 Å². The lowest BCUT2D eigenvalue weighted by Gasteiger charge is -2.31. The summed E-state index contributed by atoms with van der Waals surface area (Å²) in [6.07, 6.45) is 3.25. The average molecular weight is 260 g/mol. The highest BCUT2D eigenvalue weighted by atomic mass is 16.1. The topological polar surface area (TPSA) is 83.8 Å². The van der Waals surface area contributed by atoms with E-state index in [-0.39, 0.29) is 11.4 Å². The van der Waals surface area contributed by atoms with Crippen molar-refractivity contribution in [2.45, 2.75) is 32.2 Å². The molecule has 2 aromatic rings. The molecule has 0 saturated carbocycles. The van der Waals surface area contributed by atoms with E-state index in [9.17, 15) is 4.79 Å². The maximum absolute atomic E-state index is 12.3. The minimum Gasteiger partial charge on any atom is -0.345 e. The molecule has 1 heterocycles. The number of hydrogen-bond donors (Lipinski definition) is 3. The van der Waals surface area contributed by atoms with Gasteiger partial charge in [0.05, 0.1) is 22.9 Å². The molecule has 102 valence electrons. The summed E-state index contributed by atoms with van der Waals surface area (Å²) in [6, 6.07) is 5.43. The predicted octanol–water partition coefficient (Wildman–Crippen LogP) is 1.81. The van der Waals surface area contributed by atoms with Crippen LogP contribution in [-0.4, -0.2) is 28.0 Å². The third-order valence-electron chi connectivity index (χ3n) is 3.81. The Bertz CT molecular complexity index is 563. The average Bonchev–Trinajstić information content (AvgIpc) is 2.92. The molecule has 0 radical (unpaired) electrons. The number of aromatic amines is 1. The largest absolute Gasteiger partial charge is 0.345 e. The van der Waals surface area contributed by atoms with Gasteiger partial charge in [0.15, 0.2) is 0 Å². The molecule has 4 N–H and O–H groups in total. The first-order valence-corrected chi connectivity index (χ1v) is 6.60. The van der Waals surface area contributed by atoms with E-state index in [0.29, 0.717) is 12.1 Å². The van der Waals surface area contributed by atoms with E-state index in [4.69, 9.17) is 5.73 Å². The summed E-state index contributed by atoms with van der Waals surface area (Å²) < 4.78 is 0. The summed E-state index contributed by atoms with van der Waals surface area (Å²) in [5.74, 6) is -0.0920. The molecule has 0 saturated heterocycles. The second-order valence-corrected chi connectivity index (χ2v) is 4.78. The van der Waals surface area contributed by atoms with Crippen LogP contribution in [0.5, 0.6) is 0 Å². The SMILES string of the molecule is CCC(CC)(CN)NC(=O)c1ccc2nc[nH]c2c1. The molecule has 0 aliphatic rings. The van der Waals surface area contributed by atoms with Crippen LogP contribution in [0.25, 0.3) is 11.0 Å². The lowest BCUT2D eigenvalue weighted by atomic mass is 9.92. The number of hydrogen-bond acceptors (Lipinski definition) is 3. The molecule has 0 spiro atoms. The molecule has 5 nitrogen and oxygen atoms in total. The highest BCUT2D eigenvalue weighted by molar-refractivity contribution is 5.97. The van der Waals surface area contributed by atoms with Crippen molar-refractivity contribution in [1.29, 1.82) is 0 Å². The normalized spacial score (nSPS) is 11.7. The number of rotatable bonds is 5. The number of nitrogens with one attached hydrogen (secondary N) is 2. The second-order valence-electron chi connectivity index (χ2n) is 4.78. The van der Waals surface area contributed by atoms with Crippen molar-refractivity contribution in [3.63, 3.8) is 0 Å². The smallest absolute Gasteiger partial charge is 0.251 e. The summed E-state index contributed by atoms with van der Waals surface area (Å²) in [5.41, 5.74) is 7.82. The molecule has 0 atom stereocenters. The van der Waals surface area contributed by atoms with Gasteiger partial charge >= 0.3 is 0 Å². The maximum Gasteiger partial charge on any atom is 0.251 e. The van der Waals surface area contributed by atoms with Crippen LogP contribution in [0.1, 0.15) is 37.0 Å². The number of fused-ring (bicyclic) bond motifs is 1. The summed E-state index contributed by atoms with van der Waals surface area (Å²) >= 11 is 0. The van der Waals surface area contributed by atoms with E-state index in [1.807, 2.05) is 26.0 Å². The molecule has 5 heteroatoms. The van der Waals surface area contributed by atoms with Gasteiger partial charge in [-0.1, -0.05) is 13.8 Å². The molecule has 1 aromatic carbocycles. The van der Waals surface area contributed by atoms with Gasteiger partial charge in [-0.25, -0.2) is 4.98 Å². The number of nitrogens with two attached hydrogens (primary N) is 1. The van der Waals surface area contributed by atoms with Gasteiger partial charge < -0.3 is 16.0 Å². The molecule has 0 unspecified atom stereocenters. The lowest BCUT2D eigenvalue weighted by Crippen LogP contribution is -2.52. The summed E-state index contributed by atoms with van der Waals surface area (Å²) in [4.78, 5) is 19.4. The van der Waals surface area contributed by atoms with Gasteiger partial charge in [-0.05, 0) is 31.0 Å². The van der Waals surface area contributed by atoms with Gasteiger partial charge in [0.1, 0.15) is 0 Å². The Kier molecular flexibility index (Phi) is 3.85.